The Labute approximate surface area is 103 Å². The van der Waals surface area contributed by atoms with Crippen LogP contribution in [-0.4, -0.2) is 0 Å². The highest BCUT2D eigenvalue weighted by molar-refractivity contribution is 7.19. The van der Waals surface area contributed by atoms with Crippen molar-refractivity contribution in [2.45, 2.75) is 27.2 Å². The van der Waals surface area contributed by atoms with Gasteiger partial charge in [0.05, 0.1) is 9.72 Å². The molecule has 0 amide bonds. The van der Waals surface area contributed by atoms with Crippen molar-refractivity contribution in [1.29, 1.82) is 0 Å². The van der Waals surface area contributed by atoms with Crippen LogP contribution in [-0.2, 0) is 0 Å². The second-order valence-corrected chi connectivity index (χ2v) is 5.05. The van der Waals surface area contributed by atoms with Gasteiger partial charge < -0.3 is 0 Å². The Morgan fingerprint density at radius 2 is 1.81 bits per heavy atom. The van der Waals surface area contributed by atoms with Gasteiger partial charge in [0, 0.05) is 16.3 Å². The molecule has 0 unspecified atom stereocenters. The molecule has 2 rings (SSSR count). The summed E-state index contributed by atoms with van der Waals surface area (Å²) in [6, 6.07) is 2.12. The number of hydrogen-bond acceptors (Lipinski definition) is 1. The van der Waals surface area contributed by atoms with E-state index in [1.807, 2.05) is 0 Å². The second kappa shape index (κ2) is 5.60. The summed E-state index contributed by atoms with van der Waals surface area (Å²) in [6.07, 6.45) is 1.25. The fourth-order valence-electron chi connectivity index (χ4n) is 1.21. The summed E-state index contributed by atoms with van der Waals surface area (Å²) in [4.78, 5) is 0.807. The van der Waals surface area contributed by atoms with E-state index in [-0.39, 0.29) is 0 Å². The zero-order chi connectivity index (χ0) is 12.3. The van der Waals surface area contributed by atoms with Gasteiger partial charge >= 0.3 is 0 Å². The van der Waals surface area contributed by atoms with Crippen LogP contribution in [0.2, 0.25) is 5.02 Å². The third-order valence-electron chi connectivity index (χ3n) is 1.81. The summed E-state index contributed by atoms with van der Waals surface area (Å²) in [7, 11) is 0. The largest absolute Gasteiger partial charge is 0.207 e. The molecule has 4 heteroatoms. The highest BCUT2D eigenvalue weighted by Gasteiger charge is 2.11. The summed E-state index contributed by atoms with van der Waals surface area (Å²) < 4.78 is 26.4. The van der Waals surface area contributed by atoms with Crippen LogP contribution in [0.1, 0.15) is 25.1 Å². The number of aryl methyl sites for hydroxylation is 1. The van der Waals surface area contributed by atoms with Gasteiger partial charge in [-0.1, -0.05) is 31.9 Å². The first-order valence-electron chi connectivity index (χ1n) is 5.04. The van der Waals surface area contributed by atoms with Crippen LogP contribution in [0.15, 0.2) is 12.1 Å². The van der Waals surface area contributed by atoms with Crippen molar-refractivity contribution in [1.82, 2.24) is 0 Å². The SMILES string of the molecule is CCC.Cc1sc2c(F)cc(F)cc2c1Cl. The third-order valence-corrected chi connectivity index (χ3v) is 3.54. The van der Waals surface area contributed by atoms with Crippen molar-refractivity contribution >= 4 is 33.0 Å². The lowest BCUT2D eigenvalue weighted by atomic mass is 10.2. The lowest BCUT2D eigenvalue weighted by Gasteiger charge is -1.92. The first kappa shape index (κ1) is 13.4. The molecule has 2 aromatic rings. The topological polar surface area (TPSA) is 0 Å². The first-order chi connectivity index (χ1) is 7.51. The summed E-state index contributed by atoms with van der Waals surface area (Å²) >= 11 is 7.10. The van der Waals surface area contributed by atoms with Crippen LogP contribution in [0.4, 0.5) is 8.78 Å². The minimum Gasteiger partial charge on any atom is -0.207 e. The van der Waals surface area contributed by atoms with Gasteiger partial charge in [-0.15, -0.1) is 11.3 Å². The van der Waals surface area contributed by atoms with E-state index >= 15 is 0 Å². The van der Waals surface area contributed by atoms with Gasteiger partial charge in [-0.2, -0.15) is 0 Å². The fourth-order valence-corrected chi connectivity index (χ4v) is 2.47. The fraction of sp³-hybridized carbons (Fsp3) is 0.333. The highest BCUT2D eigenvalue weighted by atomic mass is 35.5. The first-order valence-corrected chi connectivity index (χ1v) is 6.24. The van der Waals surface area contributed by atoms with Gasteiger partial charge in [0.2, 0.25) is 0 Å². The van der Waals surface area contributed by atoms with Gasteiger partial charge in [-0.25, -0.2) is 8.78 Å². The van der Waals surface area contributed by atoms with Gasteiger partial charge in [0.15, 0.2) is 0 Å². The molecular weight excluding hydrogens is 250 g/mol. The molecule has 0 fully saturated rings. The maximum Gasteiger partial charge on any atom is 0.143 e. The minimum absolute atomic E-state index is 0.420. The number of rotatable bonds is 0. The Morgan fingerprint density at radius 3 is 2.38 bits per heavy atom. The number of halogens is 3. The van der Waals surface area contributed by atoms with Crippen molar-refractivity contribution in [2.24, 2.45) is 0 Å². The minimum atomic E-state index is -0.593. The Balaban J connectivity index is 0.000000386. The van der Waals surface area contributed by atoms with Crippen LogP contribution in [0.25, 0.3) is 10.1 Å². The molecule has 0 aliphatic rings. The molecule has 88 valence electrons. The van der Waals surface area contributed by atoms with Gasteiger partial charge in [0.25, 0.3) is 0 Å². The smallest absolute Gasteiger partial charge is 0.143 e. The molecule has 0 aliphatic heterocycles. The van der Waals surface area contributed by atoms with Gasteiger partial charge in [0.1, 0.15) is 11.6 Å². The number of fused-ring (bicyclic) bond motifs is 1. The zero-order valence-electron chi connectivity index (χ0n) is 9.40. The maximum absolute atomic E-state index is 13.2. The Morgan fingerprint density at radius 1 is 1.25 bits per heavy atom. The average Bonchev–Trinajstić information content (AvgIpc) is 2.47. The summed E-state index contributed by atoms with van der Waals surface area (Å²) in [5, 5.41) is 0.903. The van der Waals surface area contributed by atoms with E-state index in [1.54, 1.807) is 6.92 Å². The molecule has 0 radical (unpaired) electrons. The lowest BCUT2D eigenvalue weighted by Crippen LogP contribution is -1.78. The lowest BCUT2D eigenvalue weighted by molar-refractivity contribution is 0.593. The predicted octanol–water partition coefficient (Wildman–Crippen LogP) is 5.56. The van der Waals surface area contributed by atoms with E-state index in [0.29, 0.717) is 15.1 Å². The van der Waals surface area contributed by atoms with Crippen molar-refractivity contribution < 1.29 is 8.78 Å². The maximum atomic E-state index is 13.2. The summed E-state index contributed by atoms with van der Waals surface area (Å²) in [5.41, 5.74) is 0. The van der Waals surface area contributed by atoms with E-state index < -0.39 is 11.6 Å². The molecule has 0 nitrogen and oxygen atoms in total. The highest BCUT2D eigenvalue weighted by Crippen LogP contribution is 2.36. The summed E-state index contributed by atoms with van der Waals surface area (Å²) in [5.74, 6) is -1.14. The van der Waals surface area contributed by atoms with Gasteiger partial charge in [-0.05, 0) is 13.0 Å². The van der Waals surface area contributed by atoms with E-state index in [4.69, 9.17) is 11.6 Å². The van der Waals surface area contributed by atoms with Gasteiger partial charge in [-0.3, -0.25) is 0 Å². The monoisotopic (exact) mass is 262 g/mol. The van der Waals surface area contributed by atoms with Crippen LogP contribution < -0.4 is 0 Å². The van der Waals surface area contributed by atoms with E-state index in [2.05, 4.69) is 13.8 Å². The number of benzene rings is 1. The zero-order valence-corrected chi connectivity index (χ0v) is 11.0. The average molecular weight is 263 g/mol. The normalized spacial score (nSPS) is 10.1. The van der Waals surface area contributed by atoms with Crippen LogP contribution in [0.5, 0.6) is 0 Å². The molecule has 1 aromatic heterocycles. The van der Waals surface area contributed by atoms with Crippen LogP contribution >= 0.6 is 22.9 Å². The number of thiophene rings is 1. The molecule has 0 saturated heterocycles. The van der Waals surface area contributed by atoms with Crippen molar-refractivity contribution in [3.05, 3.63) is 33.7 Å². The van der Waals surface area contributed by atoms with E-state index in [1.165, 1.54) is 23.8 Å². The molecule has 0 atom stereocenters. The molecule has 1 aromatic carbocycles. The standard InChI is InChI=1S/C9H5ClF2S.C3H8/c1-4-8(10)6-2-5(11)3-7(12)9(6)13-4;1-3-2/h2-3H,1H3;3H2,1-2H3. The summed E-state index contributed by atoms with van der Waals surface area (Å²) in [6.45, 7) is 6.03. The van der Waals surface area contributed by atoms with Crippen LogP contribution in [0.3, 0.4) is 0 Å². The molecule has 1 heterocycles. The molecule has 0 bridgehead atoms. The Kier molecular flexibility index (Phi) is 4.69. The van der Waals surface area contributed by atoms with Crippen molar-refractivity contribution in [3.63, 3.8) is 0 Å². The third kappa shape index (κ3) is 2.71. The number of hydrogen-bond donors (Lipinski definition) is 0. The molecule has 0 aliphatic carbocycles. The molecule has 0 spiro atoms. The molecule has 0 N–H and O–H groups in total. The van der Waals surface area contributed by atoms with Crippen molar-refractivity contribution in [2.75, 3.05) is 0 Å². The Hall–Kier alpha value is -0.670. The van der Waals surface area contributed by atoms with E-state index in [9.17, 15) is 8.78 Å². The molecule has 0 saturated carbocycles. The van der Waals surface area contributed by atoms with Crippen molar-refractivity contribution in [3.8, 4) is 0 Å². The quantitative estimate of drug-likeness (QED) is 0.583. The molecule has 16 heavy (non-hydrogen) atoms. The second-order valence-electron chi connectivity index (χ2n) is 3.44. The molecular formula is C12H13ClF2S. The van der Waals surface area contributed by atoms with E-state index in [0.717, 1.165) is 10.9 Å². The predicted molar refractivity (Wildman–Crippen MR) is 67.5 cm³/mol. The van der Waals surface area contributed by atoms with Crippen LogP contribution in [0, 0.1) is 18.6 Å². The Bertz CT molecular complexity index is 491.